The van der Waals surface area contributed by atoms with Gasteiger partial charge in [0.15, 0.2) is 5.17 Å². The Bertz CT molecular complexity index is 1030. The number of imide groups is 1. The lowest BCUT2D eigenvalue weighted by atomic mass is 10.2. The first-order chi connectivity index (χ1) is 14.3. The van der Waals surface area contributed by atoms with Crippen LogP contribution < -0.4 is 21.2 Å². The Morgan fingerprint density at radius 2 is 1.77 bits per heavy atom. The van der Waals surface area contributed by atoms with Crippen LogP contribution in [-0.4, -0.2) is 33.3 Å². The Morgan fingerprint density at radius 1 is 1.17 bits per heavy atom. The van der Waals surface area contributed by atoms with Crippen LogP contribution in [0.1, 0.15) is 22.3 Å². The molecule has 3 rings (SSSR count). The van der Waals surface area contributed by atoms with Crippen LogP contribution in [0.4, 0.5) is 5.69 Å². The highest BCUT2D eigenvalue weighted by Gasteiger charge is 2.40. The summed E-state index contributed by atoms with van der Waals surface area (Å²) in [6, 6.07) is 11.6. The number of hydrogen-bond acceptors (Lipinski definition) is 8. The highest BCUT2D eigenvalue weighted by Crippen LogP contribution is 2.29. The molecule has 1 atom stereocenters. The third kappa shape index (κ3) is 4.61. The van der Waals surface area contributed by atoms with Crippen LogP contribution in [0.3, 0.4) is 0 Å². The fourth-order valence-corrected chi connectivity index (χ4v) is 3.56. The van der Waals surface area contributed by atoms with Gasteiger partial charge in [-0.2, -0.15) is 5.10 Å². The van der Waals surface area contributed by atoms with Gasteiger partial charge < -0.3 is 20.7 Å². The Morgan fingerprint density at radius 3 is 2.37 bits per heavy atom. The molecule has 0 spiro atoms. The number of aromatic hydroxyl groups is 1. The van der Waals surface area contributed by atoms with E-state index < -0.39 is 23.0 Å². The Balaban J connectivity index is 1.63. The number of benzene rings is 2. The van der Waals surface area contributed by atoms with Crippen molar-refractivity contribution in [3.63, 3.8) is 0 Å². The molecule has 2 amide bonds. The van der Waals surface area contributed by atoms with Crippen molar-refractivity contribution in [3.05, 3.63) is 66.2 Å². The van der Waals surface area contributed by atoms with Crippen LogP contribution in [0.25, 0.3) is 5.70 Å². The Labute approximate surface area is 175 Å². The number of carbonyl (C=O) groups is 3. The lowest BCUT2D eigenvalue weighted by Crippen LogP contribution is -2.32. The van der Waals surface area contributed by atoms with E-state index in [2.05, 4.69) is 17.1 Å². The number of carboxylic acid groups (broad SMARTS) is 1. The summed E-state index contributed by atoms with van der Waals surface area (Å²) in [5, 5.41) is 23.4. The summed E-state index contributed by atoms with van der Waals surface area (Å²) in [4.78, 5) is 36.8. The van der Waals surface area contributed by atoms with Crippen LogP contribution in [0.5, 0.6) is 5.75 Å². The molecule has 1 aliphatic rings. The number of carboxylic acids is 1. The van der Waals surface area contributed by atoms with Crippen LogP contribution in [-0.2, 0) is 9.59 Å². The first-order valence-electron chi connectivity index (χ1n) is 8.68. The van der Waals surface area contributed by atoms with Gasteiger partial charge in [0, 0.05) is 6.42 Å². The van der Waals surface area contributed by atoms with Crippen LogP contribution in [0, 0.1) is 0 Å². The normalized spacial score (nSPS) is 16.6. The molecule has 0 unspecified atom stereocenters. The summed E-state index contributed by atoms with van der Waals surface area (Å²) in [6.07, 6.45) is -0.0686. The molecule has 2 aromatic rings. The number of amidine groups is 1. The summed E-state index contributed by atoms with van der Waals surface area (Å²) in [5.41, 5.74) is 9.87. The Kier molecular flexibility index (Phi) is 6.07. The number of rotatable bonds is 6. The van der Waals surface area contributed by atoms with E-state index in [0.717, 1.165) is 16.7 Å². The molecule has 0 aliphatic carbocycles. The molecule has 4 N–H and O–H groups in total. The van der Waals surface area contributed by atoms with Gasteiger partial charge >= 0.3 is 0 Å². The maximum absolute atomic E-state index is 12.6. The quantitative estimate of drug-likeness (QED) is 0.264. The number of anilines is 1. The number of nitrogens with zero attached hydrogens (tertiary/aromatic N) is 2. The first-order valence-corrected chi connectivity index (χ1v) is 9.56. The average Bonchev–Trinajstić information content (AvgIpc) is 2.99. The van der Waals surface area contributed by atoms with Gasteiger partial charge in [0.1, 0.15) is 11.0 Å². The van der Waals surface area contributed by atoms with Gasteiger partial charge in [-0.05, 0) is 47.5 Å². The van der Waals surface area contributed by atoms with Crippen molar-refractivity contribution in [2.24, 2.45) is 10.8 Å². The predicted octanol–water partition coefficient (Wildman–Crippen LogP) is 0.611. The molecule has 10 heteroatoms. The molecule has 0 radical (unpaired) electrons. The van der Waals surface area contributed by atoms with Gasteiger partial charge in [-0.25, -0.2) is 4.90 Å². The van der Waals surface area contributed by atoms with Crippen molar-refractivity contribution in [3.8, 4) is 5.75 Å². The summed E-state index contributed by atoms with van der Waals surface area (Å²) in [6.45, 7) is 3.82. The van der Waals surface area contributed by atoms with E-state index in [4.69, 9.17) is 5.73 Å². The standard InChI is InChI=1S/C20H18N4O5S/c1-11(12-4-8-15(25)9-5-12)22-23-20(21)30-16-10-17(26)24(18(16)27)14-6-2-13(3-7-14)19(28)29/h2-9,16,22,25H,1,10H2,(H2,21,23)(H,28,29)/p-1/t16-/m0/s1. The topological polar surface area (TPSA) is 148 Å². The molecule has 0 saturated carbocycles. The second-order valence-corrected chi connectivity index (χ2v) is 7.52. The number of hydrazone groups is 1. The smallest absolute Gasteiger partial charge is 0.247 e. The average molecular weight is 425 g/mol. The maximum atomic E-state index is 12.6. The van der Waals surface area contributed by atoms with Gasteiger partial charge in [0.2, 0.25) is 11.8 Å². The minimum atomic E-state index is -1.35. The molecule has 30 heavy (non-hydrogen) atoms. The number of aromatic carboxylic acids is 1. The van der Waals surface area contributed by atoms with Crippen LogP contribution in [0.15, 0.2) is 60.2 Å². The fraction of sp³-hybridized carbons (Fsp3) is 0.100. The zero-order valence-electron chi connectivity index (χ0n) is 15.6. The van der Waals surface area contributed by atoms with Crippen molar-refractivity contribution < 1.29 is 24.6 Å². The maximum Gasteiger partial charge on any atom is 0.247 e. The monoisotopic (exact) mass is 425 g/mol. The molecule has 0 aromatic heterocycles. The van der Waals surface area contributed by atoms with E-state index in [0.29, 0.717) is 11.3 Å². The third-order valence-electron chi connectivity index (χ3n) is 4.25. The van der Waals surface area contributed by atoms with Crippen molar-refractivity contribution >= 4 is 46.1 Å². The second-order valence-electron chi connectivity index (χ2n) is 6.30. The molecule has 1 saturated heterocycles. The molecule has 1 heterocycles. The summed E-state index contributed by atoms with van der Waals surface area (Å²) in [5.74, 6) is -2.12. The molecule has 9 nitrogen and oxygen atoms in total. The van der Waals surface area contributed by atoms with Gasteiger partial charge in [0.25, 0.3) is 0 Å². The summed E-state index contributed by atoms with van der Waals surface area (Å²) >= 11 is 0.933. The molecular formula is C20H17N4O5S-. The van der Waals surface area contributed by atoms with E-state index in [1.807, 2.05) is 0 Å². The zero-order chi connectivity index (χ0) is 21.8. The lowest BCUT2D eigenvalue weighted by Gasteiger charge is -2.15. The predicted molar refractivity (Wildman–Crippen MR) is 111 cm³/mol. The number of thioether (sulfide) groups is 1. The molecule has 2 aromatic carbocycles. The van der Waals surface area contributed by atoms with E-state index in [-0.39, 0.29) is 28.6 Å². The molecule has 1 fully saturated rings. The number of hydrogen-bond donors (Lipinski definition) is 3. The number of nitrogens with two attached hydrogens (primary N) is 1. The van der Waals surface area contributed by atoms with Crippen molar-refractivity contribution in [1.29, 1.82) is 0 Å². The number of amides is 2. The van der Waals surface area contributed by atoms with E-state index in [9.17, 15) is 24.6 Å². The van der Waals surface area contributed by atoms with Gasteiger partial charge in [-0.15, -0.1) is 0 Å². The Hall–Kier alpha value is -3.79. The SMILES string of the molecule is C=C(NN=C(N)S[C@H]1CC(=O)N(c2ccc(C(=O)[O-])cc2)C1=O)c1ccc(O)cc1. The van der Waals surface area contributed by atoms with Crippen LogP contribution >= 0.6 is 11.8 Å². The summed E-state index contributed by atoms with van der Waals surface area (Å²) in [7, 11) is 0. The fourth-order valence-electron chi connectivity index (χ4n) is 2.74. The summed E-state index contributed by atoms with van der Waals surface area (Å²) < 4.78 is 0. The van der Waals surface area contributed by atoms with Gasteiger partial charge in [-0.1, -0.05) is 30.5 Å². The number of phenols is 1. The minimum Gasteiger partial charge on any atom is -0.545 e. The highest BCUT2D eigenvalue weighted by atomic mass is 32.2. The lowest BCUT2D eigenvalue weighted by molar-refractivity contribution is -0.255. The number of nitrogens with one attached hydrogen (secondary N) is 1. The van der Waals surface area contributed by atoms with E-state index >= 15 is 0 Å². The van der Waals surface area contributed by atoms with Crippen LogP contribution in [0.2, 0.25) is 0 Å². The van der Waals surface area contributed by atoms with E-state index in [1.165, 1.54) is 36.4 Å². The molecular weight excluding hydrogens is 408 g/mol. The highest BCUT2D eigenvalue weighted by molar-refractivity contribution is 8.14. The van der Waals surface area contributed by atoms with Gasteiger partial charge in [-0.3, -0.25) is 15.0 Å². The van der Waals surface area contributed by atoms with E-state index in [1.54, 1.807) is 12.1 Å². The van der Waals surface area contributed by atoms with Gasteiger partial charge in [0.05, 0.1) is 17.4 Å². The molecule has 154 valence electrons. The number of carbonyl (C=O) groups excluding carboxylic acids is 3. The zero-order valence-corrected chi connectivity index (χ0v) is 16.4. The molecule has 1 aliphatic heterocycles. The minimum absolute atomic E-state index is 0.0372. The van der Waals surface area contributed by atoms with Crippen molar-refractivity contribution in [2.75, 3.05) is 4.90 Å². The van der Waals surface area contributed by atoms with Crippen molar-refractivity contribution in [1.82, 2.24) is 5.43 Å². The first kappa shape index (κ1) is 20.9. The third-order valence-corrected chi connectivity index (χ3v) is 5.23. The van der Waals surface area contributed by atoms with Crippen molar-refractivity contribution in [2.45, 2.75) is 11.7 Å². The second kappa shape index (κ2) is 8.70. The largest absolute Gasteiger partial charge is 0.545 e. The number of phenolic OH excluding ortho intramolecular Hbond substituents is 1. The molecule has 0 bridgehead atoms.